The third-order valence-electron chi connectivity index (χ3n) is 1.25. The van der Waals surface area contributed by atoms with Crippen molar-refractivity contribution in [3.8, 4) is 0 Å². The predicted molar refractivity (Wildman–Crippen MR) is 41.5 cm³/mol. The van der Waals surface area contributed by atoms with Gasteiger partial charge in [-0.05, 0) is 6.42 Å². The fraction of sp³-hybridized carbons (Fsp3) is 0.286. The molecule has 10 heavy (non-hydrogen) atoms. The summed E-state index contributed by atoms with van der Waals surface area (Å²) in [6, 6.07) is 2.91. The molecule has 0 saturated carbocycles. The molecule has 0 spiro atoms. The van der Waals surface area contributed by atoms with Crippen LogP contribution in [0.25, 0.3) is 0 Å². The molecule has 0 bridgehead atoms. The first-order valence-corrected chi connectivity index (χ1v) is 3.49. The molecule has 0 aliphatic heterocycles. The normalized spacial score (nSPS) is 9.80. The van der Waals surface area contributed by atoms with E-state index in [9.17, 15) is 4.79 Å². The molecule has 0 radical (unpaired) electrons. The summed E-state index contributed by atoms with van der Waals surface area (Å²) >= 11 is 5.57. The number of aryl methyl sites for hydroxylation is 1. The van der Waals surface area contributed by atoms with Gasteiger partial charge in [-0.1, -0.05) is 18.5 Å². The van der Waals surface area contributed by atoms with Gasteiger partial charge in [0.1, 0.15) is 5.15 Å². The van der Waals surface area contributed by atoms with Gasteiger partial charge < -0.3 is 4.98 Å². The van der Waals surface area contributed by atoms with Gasteiger partial charge in [0, 0.05) is 17.8 Å². The van der Waals surface area contributed by atoms with Gasteiger partial charge in [-0.25, -0.2) is 0 Å². The summed E-state index contributed by atoms with van der Waals surface area (Å²) in [6.07, 6.45) is 0.801. The molecule has 1 rings (SSSR count). The van der Waals surface area contributed by atoms with Crippen molar-refractivity contribution < 1.29 is 0 Å². The number of halogens is 1. The molecule has 54 valence electrons. The second-order valence-electron chi connectivity index (χ2n) is 2.04. The van der Waals surface area contributed by atoms with E-state index in [2.05, 4.69) is 4.98 Å². The maximum absolute atomic E-state index is 10.8. The molecule has 1 aromatic heterocycles. The van der Waals surface area contributed by atoms with Crippen molar-refractivity contribution in [3.63, 3.8) is 0 Å². The monoisotopic (exact) mass is 157 g/mol. The lowest BCUT2D eigenvalue weighted by molar-refractivity contribution is 1.03. The molecule has 0 fully saturated rings. The lowest BCUT2D eigenvalue weighted by atomic mass is 10.3. The van der Waals surface area contributed by atoms with E-state index in [0.29, 0.717) is 5.15 Å². The molecule has 0 aromatic carbocycles. The summed E-state index contributed by atoms with van der Waals surface area (Å²) in [4.78, 5) is 13.6. The maximum Gasteiger partial charge on any atom is 0.183 e. The number of hydrogen-bond acceptors (Lipinski definition) is 1. The van der Waals surface area contributed by atoms with Crippen LogP contribution in [0.1, 0.15) is 12.6 Å². The fourth-order valence-electron chi connectivity index (χ4n) is 0.754. The van der Waals surface area contributed by atoms with E-state index in [1.165, 1.54) is 6.07 Å². The largest absolute Gasteiger partial charge is 0.349 e. The summed E-state index contributed by atoms with van der Waals surface area (Å²) in [6.45, 7) is 1.96. The van der Waals surface area contributed by atoms with Crippen LogP contribution in [-0.4, -0.2) is 4.98 Å². The quantitative estimate of drug-likeness (QED) is 0.617. The number of aromatic amines is 1. The Bertz CT molecular complexity index is 279. The summed E-state index contributed by atoms with van der Waals surface area (Å²) in [7, 11) is 0. The minimum atomic E-state index is -0.0411. The van der Waals surface area contributed by atoms with Crippen molar-refractivity contribution in [2.24, 2.45) is 0 Å². The number of nitrogens with one attached hydrogen (secondary N) is 1. The lowest BCUT2D eigenvalue weighted by Gasteiger charge is -1.95. The van der Waals surface area contributed by atoms with E-state index in [-0.39, 0.29) is 5.43 Å². The van der Waals surface area contributed by atoms with Crippen LogP contribution in [0.4, 0.5) is 0 Å². The van der Waals surface area contributed by atoms with Gasteiger partial charge in [0.15, 0.2) is 5.43 Å². The van der Waals surface area contributed by atoms with Crippen LogP contribution in [0.2, 0.25) is 5.15 Å². The molecule has 0 aliphatic carbocycles. The molecule has 1 N–H and O–H groups in total. The highest BCUT2D eigenvalue weighted by atomic mass is 35.5. The molecule has 0 atom stereocenters. The number of rotatable bonds is 1. The summed E-state index contributed by atoms with van der Waals surface area (Å²) in [5.41, 5.74) is 0.832. The van der Waals surface area contributed by atoms with Crippen LogP contribution in [0, 0.1) is 0 Å². The van der Waals surface area contributed by atoms with Crippen LogP contribution >= 0.6 is 11.6 Å². The van der Waals surface area contributed by atoms with Gasteiger partial charge >= 0.3 is 0 Å². The van der Waals surface area contributed by atoms with Crippen LogP contribution < -0.4 is 5.43 Å². The van der Waals surface area contributed by atoms with Crippen molar-refractivity contribution in [1.82, 2.24) is 4.98 Å². The third-order valence-corrected chi connectivity index (χ3v) is 1.45. The highest BCUT2D eigenvalue weighted by Gasteiger charge is 1.92. The maximum atomic E-state index is 10.8. The van der Waals surface area contributed by atoms with Gasteiger partial charge in [-0.2, -0.15) is 0 Å². The van der Waals surface area contributed by atoms with E-state index >= 15 is 0 Å². The minimum Gasteiger partial charge on any atom is -0.349 e. The van der Waals surface area contributed by atoms with Crippen LogP contribution in [0.5, 0.6) is 0 Å². The predicted octanol–water partition coefficient (Wildman–Crippen LogP) is 1.59. The number of hydrogen-bond donors (Lipinski definition) is 1. The first-order valence-electron chi connectivity index (χ1n) is 3.11. The fourth-order valence-corrected chi connectivity index (χ4v) is 0.983. The van der Waals surface area contributed by atoms with E-state index in [1.807, 2.05) is 6.92 Å². The van der Waals surface area contributed by atoms with Crippen molar-refractivity contribution in [1.29, 1.82) is 0 Å². The Morgan fingerprint density at radius 2 is 2.30 bits per heavy atom. The molecule has 1 aromatic rings. The SMILES string of the molecule is CCc1cc(=O)cc(Cl)[nH]1. The highest BCUT2D eigenvalue weighted by molar-refractivity contribution is 6.29. The molecule has 0 amide bonds. The smallest absolute Gasteiger partial charge is 0.183 e. The molecular formula is C7H8ClNO. The lowest BCUT2D eigenvalue weighted by Crippen LogP contribution is -2.01. The van der Waals surface area contributed by atoms with Gasteiger partial charge in [0.05, 0.1) is 0 Å². The molecule has 0 aliphatic rings. The average Bonchev–Trinajstić information content (AvgIpc) is 1.85. The van der Waals surface area contributed by atoms with Crippen molar-refractivity contribution >= 4 is 11.6 Å². The molecule has 0 saturated heterocycles. The van der Waals surface area contributed by atoms with Crippen molar-refractivity contribution in [3.05, 3.63) is 33.2 Å². The number of H-pyrrole nitrogens is 1. The molecule has 3 heteroatoms. The van der Waals surface area contributed by atoms with Gasteiger partial charge in [0.25, 0.3) is 0 Å². The topological polar surface area (TPSA) is 32.9 Å². The molecule has 0 unspecified atom stereocenters. The molecule has 1 heterocycles. The zero-order chi connectivity index (χ0) is 7.56. The van der Waals surface area contributed by atoms with Crippen LogP contribution in [0.3, 0.4) is 0 Å². The number of pyridine rings is 1. The zero-order valence-electron chi connectivity index (χ0n) is 5.65. The third kappa shape index (κ3) is 1.61. The second kappa shape index (κ2) is 2.88. The van der Waals surface area contributed by atoms with Crippen molar-refractivity contribution in [2.45, 2.75) is 13.3 Å². The minimum absolute atomic E-state index is 0.0411. The summed E-state index contributed by atoms with van der Waals surface area (Å²) in [5.74, 6) is 0. The standard InChI is InChI=1S/C7H8ClNO/c1-2-5-3-6(10)4-7(8)9-5/h3-4H,2H2,1H3,(H,9,10). The van der Waals surface area contributed by atoms with E-state index in [0.717, 1.165) is 12.1 Å². The van der Waals surface area contributed by atoms with Gasteiger partial charge in [-0.3, -0.25) is 4.79 Å². The average molecular weight is 158 g/mol. The summed E-state index contributed by atoms with van der Waals surface area (Å²) < 4.78 is 0. The Hall–Kier alpha value is -0.760. The zero-order valence-corrected chi connectivity index (χ0v) is 6.40. The Kier molecular flexibility index (Phi) is 2.12. The van der Waals surface area contributed by atoms with E-state index < -0.39 is 0 Å². The molecular weight excluding hydrogens is 150 g/mol. The first-order chi connectivity index (χ1) is 4.72. The van der Waals surface area contributed by atoms with Gasteiger partial charge in [-0.15, -0.1) is 0 Å². The van der Waals surface area contributed by atoms with Gasteiger partial charge in [0.2, 0.25) is 0 Å². The Labute approximate surface area is 63.8 Å². The Morgan fingerprint density at radius 3 is 2.80 bits per heavy atom. The number of aromatic nitrogens is 1. The first kappa shape index (κ1) is 7.35. The Balaban J connectivity index is 3.19. The summed E-state index contributed by atoms with van der Waals surface area (Å²) in [5, 5.41) is 0.407. The Morgan fingerprint density at radius 1 is 1.60 bits per heavy atom. The van der Waals surface area contributed by atoms with Crippen LogP contribution in [0.15, 0.2) is 16.9 Å². The van der Waals surface area contributed by atoms with E-state index in [1.54, 1.807) is 6.07 Å². The van der Waals surface area contributed by atoms with E-state index in [4.69, 9.17) is 11.6 Å². The van der Waals surface area contributed by atoms with Crippen LogP contribution in [-0.2, 0) is 6.42 Å². The van der Waals surface area contributed by atoms with Crippen molar-refractivity contribution in [2.75, 3.05) is 0 Å². The molecule has 2 nitrogen and oxygen atoms in total. The second-order valence-corrected chi connectivity index (χ2v) is 2.45. The highest BCUT2D eigenvalue weighted by Crippen LogP contribution is 2.00.